The van der Waals surface area contributed by atoms with Gasteiger partial charge in [0.15, 0.2) is 0 Å². The number of amides is 1. The van der Waals surface area contributed by atoms with Crippen molar-refractivity contribution in [1.82, 2.24) is 0 Å². The predicted molar refractivity (Wildman–Crippen MR) is 60.9 cm³/mol. The maximum absolute atomic E-state index is 11.3. The van der Waals surface area contributed by atoms with Crippen LogP contribution in [0.25, 0.3) is 0 Å². The van der Waals surface area contributed by atoms with Gasteiger partial charge >= 0.3 is 0 Å². The topological polar surface area (TPSA) is 55.1 Å². The zero-order valence-corrected chi connectivity index (χ0v) is 8.92. The van der Waals surface area contributed by atoms with Crippen molar-refractivity contribution < 1.29 is 4.79 Å². The van der Waals surface area contributed by atoms with Gasteiger partial charge in [-0.3, -0.25) is 4.79 Å². The maximum Gasteiger partial charge on any atom is 0.251 e. The number of aryl methyl sites for hydroxylation is 1. The van der Waals surface area contributed by atoms with Gasteiger partial charge < -0.3 is 11.1 Å². The second-order valence-corrected chi connectivity index (χ2v) is 4.19. The predicted octanol–water partition coefficient (Wildman–Crippen LogP) is 1.92. The van der Waals surface area contributed by atoms with Gasteiger partial charge in [0.1, 0.15) is 0 Å². The molecule has 0 radical (unpaired) electrons. The maximum atomic E-state index is 11.3. The van der Waals surface area contributed by atoms with Gasteiger partial charge in [0.2, 0.25) is 0 Å². The van der Waals surface area contributed by atoms with Crippen LogP contribution in [-0.4, -0.2) is 12.5 Å². The van der Waals surface area contributed by atoms with Gasteiger partial charge in [-0.25, -0.2) is 0 Å². The van der Waals surface area contributed by atoms with Crippen molar-refractivity contribution in [2.75, 3.05) is 11.9 Å². The zero-order valence-electron chi connectivity index (χ0n) is 8.92. The molecule has 0 atom stereocenters. The average molecular weight is 204 g/mol. The van der Waals surface area contributed by atoms with Crippen LogP contribution in [0, 0.1) is 12.8 Å². The summed E-state index contributed by atoms with van der Waals surface area (Å²) in [6, 6.07) is 5.76. The summed E-state index contributed by atoms with van der Waals surface area (Å²) in [6.07, 6.45) is 2.59. The van der Waals surface area contributed by atoms with E-state index in [0.717, 1.165) is 23.7 Å². The summed E-state index contributed by atoms with van der Waals surface area (Å²) in [5, 5.41) is 3.30. The Morgan fingerprint density at radius 2 is 2.27 bits per heavy atom. The first-order chi connectivity index (χ1) is 7.18. The molecule has 1 aromatic carbocycles. The Morgan fingerprint density at radius 3 is 2.87 bits per heavy atom. The van der Waals surface area contributed by atoms with Gasteiger partial charge in [-0.05, 0) is 37.3 Å². The Balaban J connectivity index is 2.19. The number of primary amides is 1. The van der Waals surface area contributed by atoms with Crippen LogP contribution in [-0.2, 0) is 0 Å². The van der Waals surface area contributed by atoms with E-state index in [2.05, 4.69) is 5.32 Å². The molecule has 0 aromatic heterocycles. The van der Waals surface area contributed by atoms with E-state index in [1.807, 2.05) is 25.1 Å². The van der Waals surface area contributed by atoms with E-state index >= 15 is 0 Å². The first-order valence-corrected chi connectivity index (χ1v) is 5.32. The number of nitrogens with two attached hydrogens (primary N) is 1. The second-order valence-electron chi connectivity index (χ2n) is 4.19. The van der Waals surface area contributed by atoms with Crippen LogP contribution in [0.1, 0.15) is 28.8 Å². The minimum absolute atomic E-state index is 0.355. The van der Waals surface area contributed by atoms with Crippen molar-refractivity contribution in [3.63, 3.8) is 0 Å². The largest absolute Gasteiger partial charge is 0.384 e. The highest BCUT2D eigenvalue weighted by atomic mass is 16.1. The number of hydrogen-bond acceptors (Lipinski definition) is 2. The van der Waals surface area contributed by atoms with Crippen LogP contribution < -0.4 is 11.1 Å². The van der Waals surface area contributed by atoms with Crippen molar-refractivity contribution in [2.45, 2.75) is 19.8 Å². The van der Waals surface area contributed by atoms with E-state index in [9.17, 15) is 4.79 Å². The molecular formula is C12H16N2O. The zero-order chi connectivity index (χ0) is 10.8. The van der Waals surface area contributed by atoms with E-state index in [1.165, 1.54) is 12.8 Å². The number of hydrogen-bond donors (Lipinski definition) is 2. The molecule has 0 unspecified atom stereocenters. The number of anilines is 1. The molecule has 3 heteroatoms. The first kappa shape index (κ1) is 10.0. The van der Waals surface area contributed by atoms with Crippen LogP contribution in [0.4, 0.5) is 5.69 Å². The highest BCUT2D eigenvalue weighted by molar-refractivity contribution is 5.99. The Hall–Kier alpha value is -1.51. The van der Waals surface area contributed by atoms with Gasteiger partial charge in [-0.1, -0.05) is 12.1 Å². The molecule has 15 heavy (non-hydrogen) atoms. The molecule has 0 heterocycles. The minimum atomic E-state index is -0.355. The Labute approximate surface area is 89.7 Å². The van der Waals surface area contributed by atoms with Gasteiger partial charge in [-0.2, -0.15) is 0 Å². The number of carbonyl (C=O) groups is 1. The number of nitrogens with one attached hydrogen (secondary N) is 1. The van der Waals surface area contributed by atoms with Gasteiger partial charge in [0, 0.05) is 12.2 Å². The van der Waals surface area contributed by atoms with Crippen LogP contribution in [0.3, 0.4) is 0 Å². The molecule has 1 saturated carbocycles. The van der Waals surface area contributed by atoms with Crippen molar-refractivity contribution >= 4 is 11.6 Å². The molecule has 0 spiro atoms. The summed E-state index contributed by atoms with van der Waals surface area (Å²) < 4.78 is 0. The summed E-state index contributed by atoms with van der Waals surface area (Å²) in [7, 11) is 0. The lowest BCUT2D eigenvalue weighted by atomic mass is 10.1. The fraction of sp³-hybridized carbons (Fsp3) is 0.417. The van der Waals surface area contributed by atoms with E-state index in [4.69, 9.17) is 5.73 Å². The van der Waals surface area contributed by atoms with E-state index in [0.29, 0.717) is 5.56 Å². The Kier molecular flexibility index (Phi) is 2.62. The standard InChI is InChI=1S/C12H16N2O/c1-8-3-2-4-10(11(8)12(13)15)14-7-9-5-6-9/h2-4,9,14H,5-7H2,1H3,(H2,13,15). The van der Waals surface area contributed by atoms with Gasteiger partial charge in [-0.15, -0.1) is 0 Å². The van der Waals surface area contributed by atoms with Gasteiger partial charge in [0.05, 0.1) is 5.56 Å². The summed E-state index contributed by atoms with van der Waals surface area (Å²) in [4.78, 5) is 11.3. The van der Waals surface area contributed by atoms with E-state index in [-0.39, 0.29) is 5.91 Å². The third-order valence-electron chi connectivity index (χ3n) is 2.80. The van der Waals surface area contributed by atoms with E-state index in [1.54, 1.807) is 0 Å². The van der Waals surface area contributed by atoms with Gasteiger partial charge in [0.25, 0.3) is 5.91 Å². The highest BCUT2D eigenvalue weighted by Gasteiger charge is 2.21. The van der Waals surface area contributed by atoms with Crippen LogP contribution in [0.5, 0.6) is 0 Å². The lowest BCUT2D eigenvalue weighted by Gasteiger charge is -2.11. The molecule has 3 N–H and O–H groups in total. The monoisotopic (exact) mass is 204 g/mol. The molecule has 1 aromatic rings. The lowest BCUT2D eigenvalue weighted by molar-refractivity contribution is 0.100. The average Bonchev–Trinajstić information content (AvgIpc) is 2.97. The van der Waals surface area contributed by atoms with Crippen LogP contribution >= 0.6 is 0 Å². The molecular weight excluding hydrogens is 188 g/mol. The summed E-state index contributed by atoms with van der Waals surface area (Å²) in [6.45, 7) is 2.85. The quantitative estimate of drug-likeness (QED) is 0.787. The molecule has 0 aliphatic heterocycles. The Bertz CT molecular complexity index is 383. The molecule has 1 aliphatic carbocycles. The smallest absolute Gasteiger partial charge is 0.251 e. The molecule has 80 valence electrons. The Morgan fingerprint density at radius 1 is 1.53 bits per heavy atom. The summed E-state index contributed by atoms with van der Waals surface area (Å²) in [5.74, 6) is 0.428. The second kappa shape index (κ2) is 3.93. The molecule has 0 bridgehead atoms. The highest BCUT2D eigenvalue weighted by Crippen LogP contribution is 2.29. The van der Waals surface area contributed by atoms with Crippen molar-refractivity contribution in [3.8, 4) is 0 Å². The SMILES string of the molecule is Cc1cccc(NCC2CC2)c1C(N)=O. The lowest BCUT2D eigenvalue weighted by Crippen LogP contribution is -2.16. The van der Waals surface area contributed by atoms with E-state index < -0.39 is 0 Å². The molecule has 1 amide bonds. The van der Waals surface area contributed by atoms with Crippen LogP contribution in [0.2, 0.25) is 0 Å². The fourth-order valence-electron chi connectivity index (χ4n) is 1.72. The molecule has 2 rings (SSSR count). The molecule has 1 aliphatic rings. The number of rotatable bonds is 4. The van der Waals surface area contributed by atoms with Crippen molar-refractivity contribution in [1.29, 1.82) is 0 Å². The third-order valence-corrected chi connectivity index (χ3v) is 2.80. The summed E-state index contributed by atoms with van der Waals surface area (Å²) in [5.41, 5.74) is 7.79. The third kappa shape index (κ3) is 2.29. The number of carbonyl (C=O) groups excluding carboxylic acids is 1. The fourth-order valence-corrected chi connectivity index (χ4v) is 1.72. The van der Waals surface area contributed by atoms with Crippen molar-refractivity contribution in [2.24, 2.45) is 11.7 Å². The molecule has 0 saturated heterocycles. The van der Waals surface area contributed by atoms with Crippen LogP contribution in [0.15, 0.2) is 18.2 Å². The summed E-state index contributed by atoms with van der Waals surface area (Å²) >= 11 is 0. The minimum Gasteiger partial charge on any atom is -0.384 e. The first-order valence-electron chi connectivity index (χ1n) is 5.32. The van der Waals surface area contributed by atoms with Crippen molar-refractivity contribution in [3.05, 3.63) is 29.3 Å². The normalized spacial score (nSPS) is 15.0. The molecule has 3 nitrogen and oxygen atoms in total. The number of benzene rings is 1. The molecule has 1 fully saturated rings.